The van der Waals surface area contributed by atoms with Crippen molar-refractivity contribution in [2.24, 2.45) is 0 Å². The van der Waals surface area contributed by atoms with Gasteiger partial charge >= 0.3 is 0 Å². The second kappa shape index (κ2) is 8.29. The summed E-state index contributed by atoms with van der Waals surface area (Å²) in [6, 6.07) is 12.3. The summed E-state index contributed by atoms with van der Waals surface area (Å²) < 4.78 is 6.19. The van der Waals surface area contributed by atoms with E-state index in [-0.39, 0.29) is 5.91 Å². The van der Waals surface area contributed by atoms with Gasteiger partial charge in [-0.1, -0.05) is 45.7 Å². The van der Waals surface area contributed by atoms with Crippen molar-refractivity contribution in [2.45, 2.75) is 13.0 Å². The van der Waals surface area contributed by atoms with Gasteiger partial charge in [-0.2, -0.15) is 0 Å². The van der Waals surface area contributed by atoms with Crippen molar-refractivity contribution in [1.29, 1.82) is 0 Å². The van der Waals surface area contributed by atoms with Crippen molar-refractivity contribution in [2.75, 3.05) is 12.4 Å². The summed E-state index contributed by atoms with van der Waals surface area (Å²) in [6.45, 7) is 1.82. The Morgan fingerprint density at radius 3 is 2.74 bits per heavy atom. The van der Waals surface area contributed by atoms with E-state index in [1.165, 1.54) is 7.11 Å². The fourth-order valence-corrected chi connectivity index (χ4v) is 3.86. The van der Waals surface area contributed by atoms with Crippen LogP contribution in [0.2, 0.25) is 5.02 Å². The Bertz CT molecular complexity index is 948. The van der Waals surface area contributed by atoms with Crippen LogP contribution in [0.3, 0.4) is 0 Å². The molecule has 140 valence electrons. The maximum atomic E-state index is 13.2. The maximum Gasteiger partial charge on any atom is 0.255 e. The first-order valence-electron chi connectivity index (χ1n) is 8.08. The van der Waals surface area contributed by atoms with Crippen molar-refractivity contribution in [3.8, 4) is 5.75 Å². The van der Waals surface area contributed by atoms with Crippen LogP contribution in [0.1, 0.15) is 18.5 Å². The fourth-order valence-electron chi connectivity index (χ4n) is 2.90. The summed E-state index contributed by atoms with van der Waals surface area (Å²) in [7, 11) is 1.54. The molecule has 0 spiro atoms. The summed E-state index contributed by atoms with van der Waals surface area (Å²) in [4.78, 5) is 13.2. The molecule has 1 amide bonds. The summed E-state index contributed by atoms with van der Waals surface area (Å²) in [5.41, 5.74) is 2.61. The molecule has 1 aliphatic rings. The number of anilines is 1. The van der Waals surface area contributed by atoms with Gasteiger partial charge in [0.25, 0.3) is 5.91 Å². The third kappa shape index (κ3) is 4.26. The molecule has 0 aliphatic carbocycles. The third-order valence-electron chi connectivity index (χ3n) is 4.14. The molecule has 5 nitrogen and oxygen atoms in total. The number of halogens is 2. The molecule has 0 bridgehead atoms. The highest BCUT2D eigenvalue weighted by Crippen LogP contribution is 2.34. The molecule has 0 radical (unpaired) electrons. The molecule has 0 saturated carbocycles. The smallest absolute Gasteiger partial charge is 0.255 e. The first-order chi connectivity index (χ1) is 12.9. The van der Waals surface area contributed by atoms with E-state index in [2.05, 4.69) is 31.9 Å². The van der Waals surface area contributed by atoms with Crippen LogP contribution in [0.25, 0.3) is 0 Å². The van der Waals surface area contributed by atoms with Gasteiger partial charge in [-0.3, -0.25) is 4.79 Å². The van der Waals surface area contributed by atoms with Crippen LogP contribution in [0.4, 0.5) is 5.69 Å². The first-order valence-corrected chi connectivity index (χ1v) is 9.66. The highest BCUT2D eigenvalue weighted by atomic mass is 79.9. The van der Waals surface area contributed by atoms with Gasteiger partial charge in [0.05, 0.1) is 24.4 Å². The number of rotatable bonds is 4. The molecule has 1 unspecified atom stereocenters. The zero-order valence-electron chi connectivity index (χ0n) is 14.6. The van der Waals surface area contributed by atoms with Crippen LogP contribution in [-0.2, 0) is 4.79 Å². The second-order valence-electron chi connectivity index (χ2n) is 5.89. The van der Waals surface area contributed by atoms with Crippen molar-refractivity contribution in [1.82, 2.24) is 10.6 Å². The normalized spacial score (nSPS) is 16.4. The summed E-state index contributed by atoms with van der Waals surface area (Å²) >= 11 is 14.9. The Labute approximate surface area is 176 Å². The van der Waals surface area contributed by atoms with E-state index in [4.69, 9.17) is 28.6 Å². The number of ether oxygens (including phenoxy) is 1. The number of carbonyl (C=O) groups excluding carboxylic acids is 1. The van der Waals surface area contributed by atoms with Crippen LogP contribution in [-0.4, -0.2) is 18.1 Å². The van der Waals surface area contributed by atoms with Crippen LogP contribution < -0.4 is 20.7 Å². The predicted octanol–water partition coefficient (Wildman–Crippen LogP) is 4.54. The van der Waals surface area contributed by atoms with Crippen molar-refractivity contribution in [3.63, 3.8) is 0 Å². The fraction of sp³-hybridized carbons (Fsp3) is 0.158. The Hall–Kier alpha value is -2.09. The minimum absolute atomic E-state index is 0.281. The van der Waals surface area contributed by atoms with Crippen LogP contribution in [0, 0.1) is 0 Å². The lowest BCUT2D eigenvalue weighted by Crippen LogP contribution is -2.45. The summed E-state index contributed by atoms with van der Waals surface area (Å²) in [5, 5.41) is 10.1. The molecule has 1 heterocycles. The minimum atomic E-state index is -0.403. The molecule has 3 N–H and O–H groups in total. The highest BCUT2D eigenvalue weighted by Gasteiger charge is 2.31. The molecular formula is C19H17BrClN3O2S. The van der Waals surface area contributed by atoms with Gasteiger partial charge in [0, 0.05) is 15.2 Å². The lowest BCUT2D eigenvalue weighted by Gasteiger charge is -2.31. The molecule has 3 rings (SSSR count). The van der Waals surface area contributed by atoms with Gasteiger partial charge in [-0.25, -0.2) is 0 Å². The molecule has 1 aliphatic heterocycles. The zero-order valence-corrected chi connectivity index (χ0v) is 17.8. The van der Waals surface area contributed by atoms with E-state index in [0.717, 1.165) is 10.0 Å². The Balaban J connectivity index is 2.00. The lowest BCUT2D eigenvalue weighted by atomic mass is 9.95. The van der Waals surface area contributed by atoms with Crippen LogP contribution in [0.15, 0.2) is 58.2 Å². The number of allylic oxidation sites excluding steroid dienone is 1. The third-order valence-corrected chi connectivity index (χ3v) is 5.32. The van der Waals surface area contributed by atoms with Gasteiger partial charge < -0.3 is 20.7 Å². The molecule has 2 aromatic carbocycles. The number of hydrogen-bond acceptors (Lipinski definition) is 3. The molecule has 1 atom stereocenters. The summed E-state index contributed by atoms with van der Waals surface area (Å²) in [5.74, 6) is 0.243. The maximum absolute atomic E-state index is 13.2. The quantitative estimate of drug-likeness (QED) is 0.577. The number of benzene rings is 2. The number of nitrogens with one attached hydrogen (secondary N) is 3. The van der Waals surface area contributed by atoms with Gasteiger partial charge in [0.1, 0.15) is 5.75 Å². The van der Waals surface area contributed by atoms with E-state index in [1.807, 2.05) is 31.2 Å². The number of thiocarbonyl (C=S) groups is 1. The van der Waals surface area contributed by atoms with Gasteiger partial charge in [0.2, 0.25) is 0 Å². The van der Waals surface area contributed by atoms with E-state index in [1.54, 1.807) is 18.2 Å². The minimum Gasteiger partial charge on any atom is -0.495 e. The Kier molecular flexibility index (Phi) is 6.04. The van der Waals surface area contributed by atoms with E-state index < -0.39 is 6.04 Å². The monoisotopic (exact) mass is 465 g/mol. The Morgan fingerprint density at radius 2 is 2.04 bits per heavy atom. The molecule has 27 heavy (non-hydrogen) atoms. The van der Waals surface area contributed by atoms with Crippen molar-refractivity contribution in [3.05, 3.63) is 68.8 Å². The first kappa shape index (κ1) is 19.7. The van der Waals surface area contributed by atoms with E-state index in [0.29, 0.717) is 32.8 Å². The molecule has 2 aromatic rings. The number of methoxy groups -OCH3 is 1. The average molecular weight is 467 g/mol. The number of carbonyl (C=O) groups is 1. The number of amides is 1. The average Bonchev–Trinajstić information content (AvgIpc) is 2.61. The molecular weight excluding hydrogens is 450 g/mol. The number of hydrogen-bond donors (Lipinski definition) is 3. The topological polar surface area (TPSA) is 62.4 Å². The standard InChI is InChI=1S/C19H17BrClN3O2S/c1-10-16(18(25)23-14-9-11(21)7-8-15(14)26-2)17(24-19(27)22-10)12-5-3-4-6-13(12)20/h3-9,17H,1-2H3,(H,23,25)(H2,22,24,27). The second-order valence-corrected chi connectivity index (χ2v) is 7.59. The van der Waals surface area contributed by atoms with Crippen LogP contribution >= 0.6 is 39.7 Å². The Morgan fingerprint density at radius 1 is 1.30 bits per heavy atom. The van der Waals surface area contributed by atoms with Gasteiger partial charge in [-0.15, -0.1) is 0 Å². The summed E-state index contributed by atoms with van der Waals surface area (Å²) in [6.07, 6.45) is 0. The van der Waals surface area contributed by atoms with Crippen LogP contribution in [0.5, 0.6) is 5.75 Å². The molecule has 0 saturated heterocycles. The van der Waals surface area contributed by atoms with E-state index in [9.17, 15) is 4.79 Å². The SMILES string of the molecule is COc1ccc(Cl)cc1NC(=O)C1=C(C)NC(=S)NC1c1ccccc1Br. The molecule has 8 heteroatoms. The van der Waals surface area contributed by atoms with Gasteiger partial charge in [-0.05, 0) is 49.0 Å². The van der Waals surface area contributed by atoms with Crippen molar-refractivity contribution >= 4 is 56.5 Å². The highest BCUT2D eigenvalue weighted by molar-refractivity contribution is 9.10. The van der Waals surface area contributed by atoms with Gasteiger partial charge in [0.15, 0.2) is 5.11 Å². The molecule has 0 fully saturated rings. The van der Waals surface area contributed by atoms with Crippen molar-refractivity contribution < 1.29 is 9.53 Å². The lowest BCUT2D eigenvalue weighted by molar-refractivity contribution is -0.113. The van der Waals surface area contributed by atoms with E-state index >= 15 is 0 Å². The molecule has 0 aromatic heterocycles. The zero-order chi connectivity index (χ0) is 19.6. The largest absolute Gasteiger partial charge is 0.495 e. The predicted molar refractivity (Wildman–Crippen MR) is 115 cm³/mol.